The molecule has 0 unspecified atom stereocenters. The van der Waals surface area contributed by atoms with E-state index in [0.717, 1.165) is 17.2 Å². The Hall–Kier alpha value is -4.38. The van der Waals surface area contributed by atoms with Crippen molar-refractivity contribution >= 4 is 31.7 Å². The molecular weight excluding hydrogens is 572 g/mol. The summed E-state index contributed by atoms with van der Waals surface area (Å²) in [7, 11) is -7.31. The first-order valence-electron chi connectivity index (χ1n) is 12.9. The molecule has 10 heteroatoms. The van der Waals surface area contributed by atoms with Gasteiger partial charge < -0.3 is 4.74 Å². The van der Waals surface area contributed by atoms with Crippen LogP contribution in [0.1, 0.15) is 28.3 Å². The standard InChI is InChI=1S/C32H30N2O6S2/c1-23-14-18-27(19-15-23)41(36,37)33-31(25-10-6-4-7-11-25)29(22-30(35)40-3)32(26-12-8-5-9-13-26)34-42(38,39)28-20-16-24(2)17-21-28/h4-22,31,33H,1-3H3/b29-22-,34-32-/t31-/m0/s1. The summed E-state index contributed by atoms with van der Waals surface area (Å²) >= 11 is 0. The molecule has 0 spiro atoms. The number of carbonyl (C=O) groups is 1. The van der Waals surface area contributed by atoms with Gasteiger partial charge >= 0.3 is 5.97 Å². The predicted molar refractivity (Wildman–Crippen MR) is 162 cm³/mol. The molecule has 0 saturated carbocycles. The van der Waals surface area contributed by atoms with Crippen LogP contribution in [0, 0.1) is 13.8 Å². The monoisotopic (exact) mass is 602 g/mol. The smallest absolute Gasteiger partial charge is 0.330 e. The molecule has 0 amide bonds. The fourth-order valence-corrected chi connectivity index (χ4v) is 6.36. The van der Waals surface area contributed by atoms with E-state index < -0.39 is 32.1 Å². The average molecular weight is 603 g/mol. The van der Waals surface area contributed by atoms with Crippen LogP contribution in [0.5, 0.6) is 0 Å². The van der Waals surface area contributed by atoms with Gasteiger partial charge in [0.05, 0.1) is 28.7 Å². The third kappa shape index (κ3) is 7.47. The summed E-state index contributed by atoms with van der Waals surface area (Å²) in [5.74, 6) is -0.822. The molecule has 0 aliphatic heterocycles. The van der Waals surface area contributed by atoms with Gasteiger partial charge in [0.15, 0.2) is 0 Å². The van der Waals surface area contributed by atoms with Gasteiger partial charge in [0.25, 0.3) is 10.0 Å². The number of ether oxygens (including phenoxy) is 1. The zero-order valence-electron chi connectivity index (χ0n) is 23.3. The third-order valence-electron chi connectivity index (χ3n) is 6.37. The lowest BCUT2D eigenvalue weighted by molar-refractivity contribution is -0.134. The molecule has 0 radical (unpaired) electrons. The quantitative estimate of drug-likeness (QED) is 0.150. The molecule has 0 fully saturated rings. The molecular formula is C32H30N2O6S2. The van der Waals surface area contributed by atoms with E-state index in [4.69, 9.17) is 4.74 Å². The molecule has 4 rings (SSSR count). The van der Waals surface area contributed by atoms with Crippen molar-refractivity contribution in [2.45, 2.75) is 29.7 Å². The van der Waals surface area contributed by atoms with Crippen LogP contribution in [-0.4, -0.2) is 35.6 Å². The van der Waals surface area contributed by atoms with Crippen molar-refractivity contribution in [2.75, 3.05) is 7.11 Å². The summed E-state index contributed by atoms with van der Waals surface area (Å²) in [6.07, 6.45) is 1.06. The number of hydrogen-bond acceptors (Lipinski definition) is 6. The lowest BCUT2D eigenvalue weighted by Crippen LogP contribution is -2.33. The molecule has 0 saturated heterocycles. The van der Waals surface area contributed by atoms with Gasteiger partial charge in [-0.15, -0.1) is 0 Å². The van der Waals surface area contributed by atoms with Crippen LogP contribution in [0.2, 0.25) is 0 Å². The SMILES string of the molecule is COC(=O)/C=C(\C(=N/S(=O)(=O)c1ccc(C)cc1)c1ccccc1)[C@@H](NS(=O)(=O)c1ccc(C)cc1)c1ccccc1. The lowest BCUT2D eigenvalue weighted by atomic mass is 9.92. The summed E-state index contributed by atoms with van der Waals surface area (Å²) in [5, 5.41) is 0. The number of carbonyl (C=O) groups excluding carboxylic acids is 1. The summed E-state index contributed by atoms with van der Waals surface area (Å²) in [6.45, 7) is 3.67. The molecule has 1 atom stereocenters. The third-order valence-corrected chi connectivity index (χ3v) is 9.10. The number of benzene rings is 4. The van der Waals surface area contributed by atoms with Gasteiger partial charge in [-0.1, -0.05) is 96.1 Å². The number of sulfonamides is 2. The van der Waals surface area contributed by atoms with Crippen molar-refractivity contribution in [3.8, 4) is 0 Å². The van der Waals surface area contributed by atoms with E-state index in [1.54, 1.807) is 84.9 Å². The van der Waals surface area contributed by atoms with Crippen molar-refractivity contribution in [3.63, 3.8) is 0 Å². The fourth-order valence-electron chi connectivity index (χ4n) is 4.12. The Morgan fingerprint density at radius 2 is 1.24 bits per heavy atom. The van der Waals surface area contributed by atoms with Crippen molar-refractivity contribution in [1.29, 1.82) is 0 Å². The predicted octanol–water partition coefficient (Wildman–Crippen LogP) is 5.30. The molecule has 216 valence electrons. The topological polar surface area (TPSA) is 119 Å². The van der Waals surface area contributed by atoms with E-state index >= 15 is 0 Å². The molecule has 4 aromatic carbocycles. The van der Waals surface area contributed by atoms with Crippen LogP contribution < -0.4 is 4.72 Å². The first-order valence-corrected chi connectivity index (χ1v) is 15.8. The Kier molecular flexibility index (Phi) is 9.52. The second kappa shape index (κ2) is 13.1. The Morgan fingerprint density at radius 1 is 0.738 bits per heavy atom. The Balaban J connectivity index is 1.99. The number of esters is 1. The number of nitrogens with one attached hydrogen (secondary N) is 1. The second-order valence-electron chi connectivity index (χ2n) is 9.49. The van der Waals surface area contributed by atoms with Crippen molar-refractivity contribution in [2.24, 2.45) is 4.40 Å². The Labute approximate surface area is 246 Å². The average Bonchev–Trinajstić information content (AvgIpc) is 2.99. The second-order valence-corrected chi connectivity index (χ2v) is 12.8. The zero-order valence-corrected chi connectivity index (χ0v) is 24.9. The highest BCUT2D eigenvalue weighted by atomic mass is 32.2. The van der Waals surface area contributed by atoms with Crippen molar-refractivity contribution in [3.05, 3.63) is 143 Å². The Bertz CT molecular complexity index is 1820. The van der Waals surface area contributed by atoms with Crippen LogP contribution in [-0.2, 0) is 29.6 Å². The summed E-state index contributed by atoms with van der Waals surface area (Å²) < 4.78 is 66.4. The minimum atomic E-state index is -4.31. The molecule has 0 bridgehead atoms. The minimum absolute atomic E-state index is 0.00285. The zero-order chi connectivity index (χ0) is 30.3. The molecule has 1 N–H and O–H groups in total. The highest BCUT2D eigenvalue weighted by molar-refractivity contribution is 7.90. The number of methoxy groups -OCH3 is 1. The minimum Gasteiger partial charge on any atom is -0.466 e. The maximum Gasteiger partial charge on any atom is 0.330 e. The van der Waals surface area contributed by atoms with E-state index in [1.807, 2.05) is 13.8 Å². The molecule has 4 aromatic rings. The summed E-state index contributed by atoms with van der Waals surface area (Å²) in [4.78, 5) is 12.7. The normalized spacial score (nSPS) is 13.4. The first-order chi connectivity index (χ1) is 20.0. The molecule has 0 aromatic heterocycles. The molecule has 0 aliphatic rings. The fraction of sp³-hybridized carbons (Fsp3) is 0.125. The van der Waals surface area contributed by atoms with Gasteiger partial charge in [-0.3, -0.25) is 0 Å². The van der Waals surface area contributed by atoms with Gasteiger partial charge in [-0.05, 0) is 43.7 Å². The van der Waals surface area contributed by atoms with Gasteiger partial charge in [-0.25, -0.2) is 13.2 Å². The van der Waals surface area contributed by atoms with Crippen LogP contribution in [0.25, 0.3) is 0 Å². The Morgan fingerprint density at radius 3 is 1.76 bits per heavy atom. The molecule has 0 aliphatic carbocycles. The van der Waals surface area contributed by atoms with E-state index in [2.05, 4.69) is 9.12 Å². The first kappa shape index (κ1) is 30.6. The van der Waals surface area contributed by atoms with Crippen LogP contribution in [0.3, 0.4) is 0 Å². The van der Waals surface area contributed by atoms with Gasteiger partial charge in [0.2, 0.25) is 10.0 Å². The molecule has 42 heavy (non-hydrogen) atoms. The number of nitrogens with zero attached hydrogens (tertiary/aromatic N) is 1. The van der Waals surface area contributed by atoms with Crippen molar-refractivity contribution in [1.82, 2.24) is 4.72 Å². The van der Waals surface area contributed by atoms with Gasteiger partial charge in [-0.2, -0.15) is 17.5 Å². The van der Waals surface area contributed by atoms with E-state index in [-0.39, 0.29) is 21.1 Å². The molecule has 0 heterocycles. The van der Waals surface area contributed by atoms with E-state index in [1.165, 1.54) is 31.4 Å². The number of rotatable bonds is 10. The van der Waals surface area contributed by atoms with Crippen LogP contribution >= 0.6 is 0 Å². The maximum absolute atomic E-state index is 13.7. The van der Waals surface area contributed by atoms with Crippen molar-refractivity contribution < 1.29 is 26.4 Å². The maximum atomic E-state index is 13.7. The van der Waals surface area contributed by atoms with Gasteiger partial charge in [0.1, 0.15) is 0 Å². The summed E-state index contributed by atoms with van der Waals surface area (Å²) in [5.41, 5.74) is 2.38. The largest absolute Gasteiger partial charge is 0.466 e. The highest BCUT2D eigenvalue weighted by Gasteiger charge is 2.30. The highest BCUT2D eigenvalue weighted by Crippen LogP contribution is 2.30. The number of hydrogen-bond donors (Lipinski definition) is 1. The van der Waals surface area contributed by atoms with Gasteiger partial charge in [0, 0.05) is 17.2 Å². The molecule has 8 nitrogen and oxygen atoms in total. The van der Waals surface area contributed by atoms with Crippen LogP contribution in [0.15, 0.2) is 135 Å². The van der Waals surface area contributed by atoms with E-state index in [0.29, 0.717) is 11.1 Å². The lowest BCUT2D eigenvalue weighted by Gasteiger charge is -2.24. The van der Waals surface area contributed by atoms with E-state index in [9.17, 15) is 21.6 Å². The summed E-state index contributed by atoms with van der Waals surface area (Å²) in [6, 6.07) is 28.1. The number of aryl methyl sites for hydroxylation is 2. The van der Waals surface area contributed by atoms with Crippen LogP contribution in [0.4, 0.5) is 0 Å².